The third-order valence-electron chi connectivity index (χ3n) is 2.55. The van der Waals surface area contributed by atoms with E-state index in [2.05, 4.69) is 9.72 Å². The molecule has 0 spiro atoms. The molecular weight excluding hydrogens is 302 g/mol. The van der Waals surface area contributed by atoms with Gasteiger partial charge in [0.25, 0.3) is 5.88 Å². The lowest BCUT2D eigenvalue weighted by molar-refractivity contribution is -0.386. The van der Waals surface area contributed by atoms with Crippen LogP contribution in [0.5, 0.6) is 11.6 Å². The molecule has 2 aromatic rings. The first kappa shape index (κ1) is 15.3. The second kappa shape index (κ2) is 6.12. The van der Waals surface area contributed by atoms with Crippen molar-refractivity contribution in [3.05, 3.63) is 57.8 Å². The summed E-state index contributed by atoms with van der Waals surface area (Å²) in [4.78, 5) is 25.0. The van der Waals surface area contributed by atoms with Crippen molar-refractivity contribution in [2.75, 3.05) is 7.11 Å². The number of halogens is 2. The zero-order valence-electron chi connectivity index (χ0n) is 11.1. The predicted molar refractivity (Wildman–Crippen MR) is 68.7 cm³/mol. The van der Waals surface area contributed by atoms with E-state index in [4.69, 9.17) is 4.74 Å². The van der Waals surface area contributed by atoms with E-state index in [0.717, 1.165) is 37.6 Å². The van der Waals surface area contributed by atoms with Crippen LogP contribution in [0.1, 0.15) is 10.4 Å². The molecule has 1 aromatic carbocycles. The summed E-state index contributed by atoms with van der Waals surface area (Å²) in [6, 6.07) is 3.25. The number of ether oxygens (including phenoxy) is 2. The lowest BCUT2D eigenvalue weighted by Gasteiger charge is -2.07. The van der Waals surface area contributed by atoms with Crippen LogP contribution in [-0.2, 0) is 4.74 Å². The zero-order valence-corrected chi connectivity index (χ0v) is 11.1. The molecule has 0 N–H and O–H groups in total. The van der Waals surface area contributed by atoms with Crippen LogP contribution >= 0.6 is 0 Å². The number of nitrogens with zero attached hydrogens (tertiary/aromatic N) is 2. The first-order chi connectivity index (χ1) is 10.4. The summed E-state index contributed by atoms with van der Waals surface area (Å²) >= 11 is 0. The number of pyridine rings is 1. The number of rotatable bonds is 4. The Bertz CT molecular complexity index is 751. The average Bonchev–Trinajstić information content (AvgIpc) is 2.50. The van der Waals surface area contributed by atoms with E-state index in [-0.39, 0.29) is 5.56 Å². The van der Waals surface area contributed by atoms with Crippen molar-refractivity contribution in [3.8, 4) is 11.6 Å². The second-order valence-corrected chi connectivity index (χ2v) is 3.97. The minimum absolute atomic E-state index is 0.179. The van der Waals surface area contributed by atoms with Gasteiger partial charge in [-0.15, -0.1) is 0 Å². The second-order valence-electron chi connectivity index (χ2n) is 3.97. The van der Waals surface area contributed by atoms with E-state index >= 15 is 0 Å². The quantitative estimate of drug-likeness (QED) is 0.490. The van der Waals surface area contributed by atoms with Gasteiger partial charge in [0.1, 0.15) is 5.82 Å². The maximum atomic E-state index is 13.5. The molecule has 1 heterocycles. The van der Waals surface area contributed by atoms with Gasteiger partial charge in [0, 0.05) is 18.3 Å². The van der Waals surface area contributed by atoms with Crippen LogP contribution in [0.3, 0.4) is 0 Å². The summed E-state index contributed by atoms with van der Waals surface area (Å²) < 4.78 is 35.9. The maximum Gasteiger partial charge on any atom is 0.339 e. The Hall–Kier alpha value is -3.10. The van der Waals surface area contributed by atoms with Crippen molar-refractivity contribution in [1.29, 1.82) is 0 Å². The van der Waals surface area contributed by atoms with E-state index in [1.807, 2.05) is 0 Å². The Morgan fingerprint density at radius 3 is 2.68 bits per heavy atom. The number of carbonyl (C=O) groups is 1. The average molecular weight is 310 g/mol. The summed E-state index contributed by atoms with van der Waals surface area (Å²) in [6.07, 6.45) is 0.964. The summed E-state index contributed by atoms with van der Waals surface area (Å²) in [7, 11) is 1.10. The molecule has 0 atom stereocenters. The summed E-state index contributed by atoms with van der Waals surface area (Å²) in [5, 5.41) is 11.0. The molecule has 0 aliphatic carbocycles. The van der Waals surface area contributed by atoms with Crippen molar-refractivity contribution >= 4 is 11.7 Å². The van der Waals surface area contributed by atoms with Crippen molar-refractivity contribution in [2.24, 2.45) is 0 Å². The minimum Gasteiger partial charge on any atom is -0.465 e. The molecule has 1 aromatic heterocycles. The molecular formula is C13H8F2N2O5. The van der Waals surface area contributed by atoms with Crippen LogP contribution in [0.25, 0.3) is 0 Å². The Balaban J connectivity index is 2.44. The zero-order chi connectivity index (χ0) is 16.3. The molecule has 0 aliphatic rings. The monoisotopic (exact) mass is 310 g/mol. The third-order valence-corrected chi connectivity index (χ3v) is 2.55. The van der Waals surface area contributed by atoms with Crippen LogP contribution in [0.4, 0.5) is 14.5 Å². The van der Waals surface area contributed by atoms with Crippen LogP contribution in [0.2, 0.25) is 0 Å². The summed E-state index contributed by atoms with van der Waals surface area (Å²) in [5.41, 5.74) is -0.868. The maximum absolute atomic E-state index is 13.5. The van der Waals surface area contributed by atoms with Gasteiger partial charge in [-0.25, -0.2) is 18.6 Å². The van der Waals surface area contributed by atoms with E-state index in [9.17, 15) is 23.7 Å². The molecule has 22 heavy (non-hydrogen) atoms. The van der Waals surface area contributed by atoms with Crippen LogP contribution in [0, 0.1) is 21.7 Å². The fourth-order valence-electron chi connectivity index (χ4n) is 1.54. The van der Waals surface area contributed by atoms with Crippen molar-refractivity contribution in [2.45, 2.75) is 0 Å². The van der Waals surface area contributed by atoms with Crippen LogP contribution < -0.4 is 4.74 Å². The Kier molecular flexibility index (Phi) is 4.25. The van der Waals surface area contributed by atoms with Gasteiger partial charge in [-0.2, -0.15) is 0 Å². The molecule has 0 amide bonds. The smallest absolute Gasteiger partial charge is 0.339 e. The number of esters is 1. The first-order valence-corrected chi connectivity index (χ1v) is 5.78. The molecule has 0 bridgehead atoms. The summed E-state index contributed by atoms with van der Waals surface area (Å²) in [6.45, 7) is 0. The Morgan fingerprint density at radius 1 is 1.32 bits per heavy atom. The van der Waals surface area contributed by atoms with Crippen LogP contribution in [0.15, 0.2) is 30.5 Å². The van der Waals surface area contributed by atoms with Crippen molar-refractivity contribution < 1.29 is 28.0 Å². The van der Waals surface area contributed by atoms with Gasteiger partial charge in [-0.1, -0.05) is 0 Å². The van der Waals surface area contributed by atoms with Gasteiger partial charge < -0.3 is 9.47 Å². The van der Waals surface area contributed by atoms with E-state index < -0.39 is 39.8 Å². The molecule has 0 radical (unpaired) electrons. The van der Waals surface area contributed by atoms with Gasteiger partial charge in [0.05, 0.1) is 17.6 Å². The molecule has 0 saturated carbocycles. The number of hydrogen-bond donors (Lipinski definition) is 0. The van der Waals surface area contributed by atoms with Gasteiger partial charge in [0.15, 0.2) is 11.6 Å². The normalized spacial score (nSPS) is 10.1. The molecule has 0 unspecified atom stereocenters. The van der Waals surface area contributed by atoms with E-state index in [1.165, 1.54) is 0 Å². The molecule has 7 nitrogen and oxygen atoms in total. The van der Waals surface area contributed by atoms with Gasteiger partial charge >= 0.3 is 11.7 Å². The lowest BCUT2D eigenvalue weighted by atomic mass is 10.2. The first-order valence-electron chi connectivity index (χ1n) is 5.78. The van der Waals surface area contributed by atoms with Gasteiger partial charge in [-0.3, -0.25) is 10.1 Å². The molecule has 0 saturated heterocycles. The number of aromatic nitrogens is 1. The highest BCUT2D eigenvalue weighted by Gasteiger charge is 2.22. The predicted octanol–water partition coefficient (Wildman–Crippen LogP) is 2.85. The van der Waals surface area contributed by atoms with Gasteiger partial charge in [0.2, 0.25) is 0 Å². The number of methoxy groups -OCH3 is 1. The number of hydrogen-bond acceptors (Lipinski definition) is 6. The molecule has 2 rings (SSSR count). The van der Waals surface area contributed by atoms with E-state index in [1.54, 1.807) is 0 Å². The van der Waals surface area contributed by atoms with E-state index in [0.29, 0.717) is 0 Å². The highest BCUT2D eigenvalue weighted by Crippen LogP contribution is 2.31. The fourth-order valence-corrected chi connectivity index (χ4v) is 1.54. The highest BCUT2D eigenvalue weighted by atomic mass is 19.1. The van der Waals surface area contributed by atoms with Crippen LogP contribution in [-0.4, -0.2) is 23.0 Å². The lowest BCUT2D eigenvalue weighted by Crippen LogP contribution is -2.05. The van der Waals surface area contributed by atoms with Crippen molar-refractivity contribution in [3.63, 3.8) is 0 Å². The van der Waals surface area contributed by atoms with Gasteiger partial charge in [-0.05, 0) is 12.1 Å². The molecule has 9 heteroatoms. The van der Waals surface area contributed by atoms with Crippen molar-refractivity contribution in [1.82, 2.24) is 4.98 Å². The summed E-state index contributed by atoms with van der Waals surface area (Å²) in [5.74, 6) is -3.69. The number of benzene rings is 1. The SMILES string of the molecule is COC(=O)c1cnc(Oc2cc(F)ccc2F)c([N+](=O)[O-])c1. The fraction of sp³-hybridized carbons (Fsp3) is 0.0769. The Morgan fingerprint density at radius 2 is 2.05 bits per heavy atom. The Labute approximate surface area is 122 Å². The molecule has 0 fully saturated rings. The largest absolute Gasteiger partial charge is 0.465 e. The molecule has 0 aliphatic heterocycles. The third kappa shape index (κ3) is 3.14. The standard InChI is InChI=1S/C13H8F2N2O5/c1-21-13(18)7-4-10(17(19)20)12(16-6-7)22-11-5-8(14)2-3-9(11)15/h2-6H,1H3. The topological polar surface area (TPSA) is 91.6 Å². The number of carbonyl (C=O) groups excluding carboxylic acids is 1. The molecule has 114 valence electrons. The highest BCUT2D eigenvalue weighted by molar-refractivity contribution is 5.89. The minimum atomic E-state index is -0.922. The number of nitro groups is 1.